The largest absolute Gasteiger partial charge is 0.458 e. The van der Waals surface area contributed by atoms with E-state index in [9.17, 15) is 4.79 Å². The maximum atomic E-state index is 12.8. The zero-order valence-corrected chi connectivity index (χ0v) is 14.7. The molecule has 6 nitrogen and oxygen atoms in total. The number of carbonyl (C=O) groups is 1. The molecule has 0 bridgehead atoms. The monoisotopic (exact) mass is 343 g/mol. The molecule has 2 fully saturated rings. The Morgan fingerprint density at radius 1 is 1.16 bits per heavy atom. The van der Waals surface area contributed by atoms with Crippen molar-refractivity contribution in [2.75, 3.05) is 13.1 Å². The van der Waals surface area contributed by atoms with Crippen LogP contribution in [0.1, 0.15) is 62.5 Å². The van der Waals surface area contributed by atoms with Gasteiger partial charge >= 0.3 is 0 Å². The number of aromatic nitrogens is 2. The zero-order chi connectivity index (χ0) is 17.2. The summed E-state index contributed by atoms with van der Waals surface area (Å²) in [6, 6.07) is 3.74. The van der Waals surface area contributed by atoms with Crippen molar-refractivity contribution in [3.8, 4) is 11.6 Å². The van der Waals surface area contributed by atoms with Gasteiger partial charge in [-0.25, -0.2) is 0 Å². The summed E-state index contributed by atoms with van der Waals surface area (Å²) in [5.41, 5.74) is 0. The van der Waals surface area contributed by atoms with Crippen molar-refractivity contribution in [3.05, 3.63) is 23.8 Å². The first-order chi connectivity index (χ1) is 12.2. The number of furan rings is 1. The fourth-order valence-electron chi connectivity index (χ4n) is 4.04. The lowest BCUT2D eigenvalue weighted by atomic mass is 9.87. The predicted molar refractivity (Wildman–Crippen MR) is 91.9 cm³/mol. The van der Waals surface area contributed by atoms with Crippen molar-refractivity contribution in [2.24, 2.45) is 5.92 Å². The summed E-state index contributed by atoms with van der Waals surface area (Å²) in [6.45, 7) is 3.43. The van der Waals surface area contributed by atoms with Crippen LogP contribution in [-0.2, 0) is 4.79 Å². The third-order valence-electron chi connectivity index (χ3n) is 5.44. The van der Waals surface area contributed by atoms with Gasteiger partial charge in [-0.15, -0.1) is 0 Å². The number of carbonyl (C=O) groups excluding carboxylic acids is 1. The topological polar surface area (TPSA) is 72.4 Å². The Morgan fingerprint density at radius 3 is 2.76 bits per heavy atom. The molecule has 0 radical (unpaired) electrons. The average Bonchev–Trinajstić information content (AvgIpc) is 3.31. The lowest BCUT2D eigenvalue weighted by Gasteiger charge is -2.34. The second-order valence-corrected chi connectivity index (χ2v) is 7.32. The van der Waals surface area contributed by atoms with Crippen molar-refractivity contribution in [1.82, 2.24) is 15.0 Å². The normalized spacial score (nSPS) is 22.3. The molecule has 25 heavy (non-hydrogen) atoms. The summed E-state index contributed by atoms with van der Waals surface area (Å²) in [7, 11) is 0. The van der Waals surface area contributed by atoms with E-state index in [4.69, 9.17) is 8.94 Å². The average molecular weight is 343 g/mol. The molecule has 1 aliphatic carbocycles. The van der Waals surface area contributed by atoms with Crippen molar-refractivity contribution < 1.29 is 13.7 Å². The van der Waals surface area contributed by atoms with Crippen molar-refractivity contribution in [2.45, 2.75) is 57.8 Å². The smallest absolute Gasteiger partial charge is 0.238 e. The van der Waals surface area contributed by atoms with Gasteiger partial charge in [-0.3, -0.25) is 4.79 Å². The number of hydrogen-bond acceptors (Lipinski definition) is 5. The van der Waals surface area contributed by atoms with Gasteiger partial charge in [0.15, 0.2) is 5.76 Å². The van der Waals surface area contributed by atoms with Crippen LogP contribution in [0.25, 0.3) is 11.6 Å². The third-order valence-corrected chi connectivity index (χ3v) is 5.44. The van der Waals surface area contributed by atoms with Crippen LogP contribution < -0.4 is 0 Å². The Hall–Kier alpha value is -2.11. The van der Waals surface area contributed by atoms with Gasteiger partial charge in [0.2, 0.25) is 17.6 Å². The molecule has 6 heteroatoms. The quantitative estimate of drug-likeness (QED) is 0.844. The molecule has 0 unspecified atom stereocenters. The van der Waals surface area contributed by atoms with Gasteiger partial charge < -0.3 is 13.8 Å². The molecular formula is C19H25N3O3. The minimum Gasteiger partial charge on any atom is -0.458 e. The highest BCUT2D eigenvalue weighted by Gasteiger charge is 2.32. The standard InChI is InChI=1S/C19H25N3O3/c1-13-9-10-16(24-13)17-20-18(25-21-17)15-8-5-11-22(12-15)19(23)14-6-3-2-4-7-14/h9-10,14-15H,2-8,11-12H2,1H3/t15-/m0/s1. The lowest BCUT2D eigenvalue weighted by molar-refractivity contribution is -0.137. The highest BCUT2D eigenvalue weighted by atomic mass is 16.5. The Balaban J connectivity index is 1.44. The van der Waals surface area contributed by atoms with Crippen LogP contribution in [0.4, 0.5) is 0 Å². The van der Waals surface area contributed by atoms with Crippen molar-refractivity contribution in [1.29, 1.82) is 0 Å². The lowest BCUT2D eigenvalue weighted by Crippen LogP contribution is -2.42. The molecule has 134 valence electrons. The van der Waals surface area contributed by atoms with Gasteiger partial charge in [-0.2, -0.15) is 4.98 Å². The van der Waals surface area contributed by atoms with Crippen LogP contribution in [0.2, 0.25) is 0 Å². The van der Waals surface area contributed by atoms with Crippen LogP contribution >= 0.6 is 0 Å². The van der Waals surface area contributed by atoms with Crippen molar-refractivity contribution >= 4 is 5.91 Å². The Bertz CT molecular complexity index is 730. The van der Waals surface area contributed by atoms with Gasteiger partial charge in [0, 0.05) is 19.0 Å². The van der Waals surface area contributed by atoms with E-state index in [0.717, 1.165) is 38.0 Å². The second kappa shape index (κ2) is 7.02. The second-order valence-electron chi connectivity index (χ2n) is 7.32. The molecule has 1 aliphatic heterocycles. The molecule has 2 aromatic rings. The number of hydrogen-bond donors (Lipinski definition) is 0. The van der Waals surface area contributed by atoms with E-state index in [1.165, 1.54) is 19.3 Å². The van der Waals surface area contributed by atoms with Crippen molar-refractivity contribution in [3.63, 3.8) is 0 Å². The molecule has 1 saturated heterocycles. The van der Waals surface area contributed by atoms with Gasteiger partial charge in [0.05, 0.1) is 5.92 Å². The SMILES string of the molecule is Cc1ccc(-c2noc([C@H]3CCCN(C(=O)C4CCCCC4)C3)n2)o1. The molecular weight excluding hydrogens is 318 g/mol. The van der Waals surface area contributed by atoms with Crippen LogP contribution in [0, 0.1) is 12.8 Å². The predicted octanol–water partition coefficient (Wildman–Crippen LogP) is 3.92. The zero-order valence-electron chi connectivity index (χ0n) is 14.7. The summed E-state index contributed by atoms with van der Waals surface area (Å²) >= 11 is 0. The van der Waals surface area contributed by atoms with Gasteiger partial charge in [-0.1, -0.05) is 24.4 Å². The molecule has 2 aliphatic rings. The Morgan fingerprint density at radius 2 is 2.00 bits per heavy atom. The number of rotatable bonds is 3. The number of aryl methyl sites for hydroxylation is 1. The Labute approximate surface area is 147 Å². The first kappa shape index (κ1) is 16.4. The molecule has 0 aromatic carbocycles. The third kappa shape index (κ3) is 3.48. The summed E-state index contributed by atoms with van der Waals surface area (Å²) < 4.78 is 11.0. The highest BCUT2D eigenvalue weighted by Crippen LogP contribution is 2.31. The number of piperidine rings is 1. The van der Waals surface area contributed by atoms with Crippen LogP contribution in [-0.4, -0.2) is 34.0 Å². The highest BCUT2D eigenvalue weighted by molar-refractivity contribution is 5.79. The first-order valence-electron chi connectivity index (χ1n) is 9.40. The molecule has 4 rings (SSSR count). The van der Waals surface area contributed by atoms with Gasteiger partial charge in [0.25, 0.3) is 0 Å². The van der Waals surface area contributed by atoms with Crippen LogP contribution in [0.15, 0.2) is 21.1 Å². The first-order valence-corrected chi connectivity index (χ1v) is 9.40. The fourth-order valence-corrected chi connectivity index (χ4v) is 4.04. The van der Waals surface area contributed by atoms with Crippen LogP contribution in [0.3, 0.4) is 0 Å². The maximum Gasteiger partial charge on any atom is 0.238 e. The number of likely N-dealkylation sites (tertiary alicyclic amines) is 1. The molecule has 1 atom stereocenters. The summed E-state index contributed by atoms with van der Waals surface area (Å²) in [5, 5.41) is 4.05. The van der Waals surface area contributed by atoms with E-state index in [1.807, 2.05) is 24.0 Å². The molecule has 1 saturated carbocycles. The van der Waals surface area contributed by atoms with Crippen LogP contribution in [0.5, 0.6) is 0 Å². The Kier molecular flexibility index (Phi) is 4.59. The van der Waals surface area contributed by atoms with E-state index in [0.29, 0.717) is 29.9 Å². The minimum absolute atomic E-state index is 0.124. The summed E-state index contributed by atoms with van der Waals surface area (Å²) in [6.07, 6.45) is 7.69. The van der Waals surface area contributed by atoms with E-state index in [2.05, 4.69) is 10.1 Å². The maximum absolute atomic E-state index is 12.8. The summed E-state index contributed by atoms with van der Waals surface area (Å²) in [4.78, 5) is 19.3. The fraction of sp³-hybridized carbons (Fsp3) is 0.632. The molecule has 1 amide bonds. The van der Waals surface area contributed by atoms with Gasteiger partial charge in [-0.05, 0) is 44.7 Å². The van der Waals surface area contributed by atoms with E-state index in [1.54, 1.807) is 0 Å². The van der Waals surface area contributed by atoms with E-state index < -0.39 is 0 Å². The molecule has 3 heterocycles. The molecule has 2 aromatic heterocycles. The van der Waals surface area contributed by atoms with Gasteiger partial charge in [0.1, 0.15) is 5.76 Å². The minimum atomic E-state index is 0.124. The number of nitrogens with zero attached hydrogens (tertiary/aromatic N) is 3. The van der Waals surface area contributed by atoms with E-state index in [-0.39, 0.29) is 11.8 Å². The number of amides is 1. The van der Waals surface area contributed by atoms with E-state index >= 15 is 0 Å². The summed E-state index contributed by atoms with van der Waals surface area (Å²) in [5.74, 6) is 3.21. The molecule has 0 spiro atoms. The molecule has 0 N–H and O–H groups in total.